The van der Waals surface area contributed by atoms with Crippen LogP contribution in [0.4, 0.5) is 5.82 Å². The van der Waals surface area contributed by atoms with Gasteiger partial charge in [-0.3, -0.25) is 34.1 Å². The molecule has 2 aromatic carbocycles. The third kappa shape index (κ3) is 7.45. The smallest absolute Gasteiger partial charge is 0.256 e. The molecule has 3 aromatic heterocycles. The van der Waals surface area contributed by atoms with Crippen molar-refractivity contribution in [1.82, 2.24) is 39.3 Å². The third-order valence-electron chi connectivity index (χ3n) is 10.8. The molecule has 2 N–H and O–H groups in total. The number of benzene rings is 2. The van der Waals surface area contributed by atoms with E-state index < -0.39 is 11.9 Å². The summed E-state index contributed by atoms with van der Waals surface area (Å²) < 4.78 is 9.75. The zero-order chi connectivity index (χ0) is 38.1. The molecule has 4 amide bonds. The van der Waals surface area contributed by atoms with Gasteiger partial charge in [-0.15, -0.1) is 0 Å². The summed E-state index contributed by atoms with van der Waals surface area (Å²) in [6.07, 6.45) is 10.7. The lowest BCUT2D eigenvalue weighted by Crippen LogP contribution is -2.52. The summed E-state index contributed by atoms with van der Waals surface area (Å²) in [4.78, 5) is 63.5. The normalized spacial score (nSPS) is 18.5. The fraction of sp³-hybridized carbons (Fsp3) is 0.390. The Labute approximate surface area is 318 Å². The lowest BCUT2D eigenvalue weighted by atomic mass is 10.0. The molecule has 2 saturated heterocycles. The molecule has 8 rings (SSSR count). The van der Waals surface area contributed by atoms with Crippen LogP contribution in [0.5, 0.6) is 0 Å². The maximum atomic E-state index is 13.3. The van der Waals surface area contributed by atoms with Gasteiger partial charge in [-0.2, -0.15) is 5.10 Å². The Morgan fingerprint density at radius 1 is 1.07 bits per heavy atom. The zero-order valence-corrected chi connectivity index (χ0v) is 31.0. The maximum Gasteiger partial charge on any atom is 0.256 e. The molecule has 0 spiro atoms. The van der Waals surface area contributed by atoms with Crippen LogP contribution in [-0.2, 0) is 27.4 Å². The number of hydrogen-bond acceptors (Lipinski definition) is 9. The molecule has 2 fully saturated rings. The number of anilines is 1. The van der Waals surface area contributed by atoms with Gasteiger partial charge in [0.2, 0.25) is 11.8 Å². The number of piperidine rings is 1. The Balaban J connectivity index is 0.808. The molecule has 282 valence electrons. The Morgan fingerprint density at radius 2 is 1.96 bits per heavy atom. The molecule has 2 atom stereocenters. The van der Waals surface area contributed by atoms with E-state index in [1.165, 1.54) is 0 Å². The van der Waals surface area contributed by atoms with Crippen LogP contribution in [0.15, 0.2) is 55.0 Å². The average molecular weight is 742 g/mol. The highest BCUT2D eigenvalue weighted by Gasteiger charge is 2.39. The van der Waals surface area contributed by atoms with Crippen LogP contribution in [0, 0.1) is 18.8 Å². The predicted octanol–water partition coefficient (Wildman–Crippen LogP) is 4.41. The molecule has 14 heteroatoms. The Hall–Kier alpha value is -5.91. The number of fused-ring (bicyclic) bond motifs is 3. The number of rotatable bonds is 11. The second-order valence-electron chi connectivity index (χ2n) is 14.4. The van der Waals surface area contributed by atoms with Gasteiger partial charge in [-0.1, -0.05) is 24.0 Å². The first kappa shape index (κ1) is 36.1. The summed E-state index contributed by atoms with van der Waals surface area (Å²) in [5.74, 6) is 5.72. The van der Waals surface area contributed by atoms with Crippen molar-refractivity contribution < 1.29 is 23.9 Å². The standard InChI is InChI=1S/C41H43N9O5/c1-26-29-14-13-28(39(52)44-36-25-48-24-32(43-37(48)22-42-36)33-12-8-17-47(33)2)21-35(29)50(46-26)18-20-55-19-6-4-3-5-9-27-10-7-11-30-31(27)23-49(41(30)54)34-15-16-38(51)45-40(34)53/h7,10-11,13-14,21-22,24-25,33-34H,3-4,6,8,12,15-20,23H2,1-2H3,(H,44,52)(H,45,51,53)/t33-,34?/m1/s1. The summed E-state index contributed by atoms with van der Waals surface area (Å²) in [6, 6.07) is 10.7. The monoisotopic (exact) mass is 741 g/mol. The number of aromatic nitrogens is 5. The van der Waals surface area contributed by atoms with Gasteiger partial charge in [-0.25, -0.2) is 9.97 Å². The number of nitrogens with one attached hydrogen (secondary N) is 2. The van der Waals surface area contributed by atoms with E-state index in [1.807, 2.05) is 46.5 Å². The van der Waals surface area contributed by atoms with Crippen molar-refractivity contribution in [3.8, 4) is 11.8 Å². The van der Waals surface area contributed by atoms with E-state index in [0.29, 0.717) is 62.1 Å². The first-order chi connectivity index (χ1) is 26.7. The lowest BCUT2D eigenvalue weighted by Gasteiger charge is -2.29. The minimum absolute atomic E-state index is 0.201. The maximum absolute atomic E-state index is 13.3. The van der Waals surface area contributed by atoms with Gasteiger partial charge < -0.3 is 19.4 Å². The quantitative estimate of drug-likeness (QED) is 0.114. The van der Waals surface area contributed by atoms with Crippen molar-refractivity contribution >= 4 is 46.0 Å². The van der Waals surface area contributed by atoms with E-state index in [4.69, 9.17) is 14.8 Å². The van der Waals surface area contributed by atoms with Crippen molar-refractivity contribution in [3.63, 3.8) is 0 Å². The SMILES string of the molecule is Cc1nn(CCOCCCCC#Cc2cccc3c2CN(C2CCC(=O)NC2=O)C3=O)c2cc(C(=O)Nc3cn4cc([C@H]5CCCN5C)nc4cn3)ccc12. The van der Waals surface area contributed by atoms with Gasteiger partial charge in [0.15, 0.2) is 5.65 Å². The van der Waals surface area contributed by atoms with E-state index in [1.54, 1.807) is 29.4 Å². The number of ether oxygens (including phenoxy) is 1. The second kappa shape index (κ2) is 15.4. The van der Waals surface area contributed by atoms with E-state index in [-0.39, 0.29) is 24.1 Å². The Morgan fingerprint density at radius 3 is 2.80 bits per heavy atom. The molecule has 6 heterocycles. The molecule has 0 radical (unpaired) electrons. The number of amides is 4. The first-order valence-electron chi connectivity index (χ1n) is 18.9. The largest absolute Gasteiger partial charge is 0.380 e. The van der Waals surface area contributed by atoms with Crippen LogP contribution >= 0.6 is 0 Å². The van der Waals surface area contributed by atoms with Crippen molar-refractivity contribution in [2.45, 2.75) is 77.0 Å². The number of aryl methyl sites for hydroxylation is 1. The molecule has 0 aliphatic carbocycles. The number of nitrogens with zero attached hydrogens (tertiary/aromatic N) is 7. The van der Waals surface area contributed by atoms with Crippen molar-refractivity contribution in [3.05, 3.63) is 88.6 Å². The van der Waals surface area contributed by atoms with E-state index in [2.05, 4.69) is 39.4 Å². The molecular weight excluding hydrogens is 699 g/mol. The molecule has 0 bridgehead atoms. The second-order valence-corrected chi connectivity index (χ2v) is 14.4. The molecule has 3 aliphatic heterocycles. The minimum Gasteiger partial charge on any atom is -0.380 e. The van der Waals surface area contributed by atoms with Gasteiger partial charge in [0.05, 0.1) is 48.5 Å². The molecule has 3 aliphatic rings. The summed E-state index contributed by atoms with van der Waals surface area (Å²) >= 11 is 0. The highest BCUT2D eigenvalue weighted by molar-refractivity contribution is 6.06. The molecule has 14 nitrogen and oxygen atoms in total. The number of imide groups is 1. The van der Waals surface area contributed by atoms with Gasteiger partial charge in [0, 0.05) is 54.3 Å². The number of imidazole rings is 1. The van der Waals surface area contributed by atoms with Crippen LogP contribution < -0.4 is 10.6 Å². The van der Waals surface area contributed by atoms with Crippen molar-refractivity contribution in [2.24, 2.45) is 0 Å². The molecule has 5 aromatic rings. The first-order valence-corrected chi connectivity index (χ1v) is 18.9. The van der Waals surface area contributed by atoms with E-state index in [0.717, 1.165) is 71.3 Å². The van der Waals surface area contributed by atoms with Crippen LogP contribution in [0.1, 0.15) is 94.2 Å². The average Bonchev–Trinajstić information content (AvgIpc) is 3.95. The van der Waals surface area contributed by atoms with Crippen LogP contribution in [-0.4, -0.2) is 90.4 Å². The number of likely N-dealkylation sites (tertiary alicyclic amines) is 1. The van der Waals surface area contributed by atoms with Crippen molar-refractivity contribution in [2.75, 3.05) is 32.1 Å². The minimum atomic E-state index is -0.649. The molecule has 0 saturated carbocycles. The highest BCUT2D eigenvalue weighted by Crippen LogP contribution is 2.31. The van der Waals surface area contributed by atoms with Gasteiger partial charge in [0.1, 0.15) is 11.9 Å². The fourth-order valence-electron chi connectivity index (χ4n) is 7.80. The Kier molecular flexibility index (Phi) is 10.1. The summed E-state index contributed by atoms with van der Waals surface area (Å²) in [7, 11) is 2.12. The van der Waals surface area contributed by atoms with Gasteiger partial charge >= 0.3 is 0 Å². The van der Waals surface area contributed by atoms with Gasteiger partial charge in [-0.05, 0) is 82.4 Å². The van der Waals surface area contributed by atoms with Crippen molar-refractivity contribution in [1.29, 1.82) is 0 Å². The summed E-state index contributed by atoms with van der Waals surface area (Å²) in [6.45, 7) is 4.92. The third-order valence-corrected chi connectivity index (χ3v) is 10.8. The fourth-order valence-corrected chi connectivity index (χ4v) is 7.80. The van der Waals surface area contributed by atoms with Gasteiger partial charge in [0.25, 0.3) is 11.8 Å². The summed E-state index contributed by atoms with van der Waals surface area (Å²) in [5.41, 5.74) is 6.19. The summed E-state index contributed by atoms with van der Waals surface area (Å²) in [5, 5.41) is 11.0. The van der Waals surface area contributed by atoms with Crippen LogP contribution in [0.2, 0.25) is 0 Å². The number of carbonyl (C=O) groups excluding carboxylic acids is 4. The van der Waals surface area contributed by atoms with E-state index >= 15 is 0 Å². The highest BCUT2D eigenvalue weighted by atomic mass is 16.5. The number of unbranched alkanes of at least 4 members (excludes halogenated alkanes) is 2. The predicted molar refractivity (Wildman–Crippen MR) is 204 cm³/mol. The topological polar surface area (TPSA) is 156 Å². The van der Waals surface area contributed by atoms with Crippen LogP contribution in [0.25, 0.3) is 16.6 Å². The molecular formula is C41H43N9O5. The molecule has 1 unspecified atom stereocenters. The van der Waals surface area contributed by atoms with Crippen LogP contribution in [0.3, 0.4) is 0 Å². The van der Waals surface area contributed by atoms with E-state index in [9.17, 15) is 19.2 Å². The zero-order valence-electron chi connectivity index (χ0n) is 31.0. The number of carbonyl (C=O) groups is 4. The Bertz CT molecular complexity index is 2390. The molecule has 55 heavy (non-hydrogen) atoms. The lowest BCUT2D eigenvalue weighted by molar-refractivity contribution is -0.136. The number of hydrogen-bond donors (Lipinski definition) is 2.